The second kappa shape index (κ2) is 5.23. The summed E-state index contributed by atoms with van der Waals surface area (Å²) in [7, 11) is 0. The van der Waals surface area contributed by atoms with E-state index in [-0.39, 0.29) is 0 Å². The van der Waals surface area contributed by atoms with E-state index in [4.69, 9.17) is 15.0 Å². The molecule has 1 rings (SSSR count). The minimum absolute atomic E-state index is 0.507. The Morgan fingerprint density at radius 2 is 2.20 bits per heavy atom. The SMILES string of the molecule is CCOCCc1nc(C(C)(N)CC)no1. The molecule has 5 heteroatoms. The Morgan fingerprint density at radius 3 is 2.80 bits per heavy atom. The van der Waals surface area contributed by atoms with Gasteiger partial charge in [-0.05, 0) is 20.3 Å². The Morgan fingerprint density at radius 1 is 1.47 bits per heavy atom. The number of hydrogen-bond acceptors (Lipinski definition) is 5. The standard InChI is InChI=1S/C10H19N3O2/c1-4-10(3,11)9-12-8(15-13-9)6-7-14-5-2/h4-7,11H2,1-3H3. The van der Waals surface area contributed by atoms with Crippen molar-refractivity contribution in [1.82, 2.24) is 10.1 Å². The summed E-state index contributed by atoms with van der Waals surface area (Å²) in [6, 6.07) is 0. The molecule has 5 nitrogen and oxygen atoms in total. The van der Waals surface area contributed by atoms with Gasteiger partial charge in [-0.2, -0.15) is 4.98 Å². The lowest BCUT2D eigenvalue weighted by atomic mass is 10.0. The molecule has 0 aliphatic heterocycles. The van der Waals surface area contributed by atoms with E-state index in [9.17, 15) is 0 Å². The molecular formula is C10H19N3O2. The van der Waals surface area contributed by atoms with E-state index >= 15 is 0 Å². The van der Waals surface area contributed by atoms with Gasteiger partial charge in [0.1, 0.15) is 0 Å². The lowest BCUT2D eigenvalue weighted by molar-refractivity contribution is 0.144. The molecule has 86 valence electrons. The highest BCUT2D eigenvalue weighted by molar-refractivity contribution is 5.00. The number of nitrogens with zero attached hydrogens (tertiary/aromatic N) is 2. The van der Waals surface area contributed by atoms with Crippen LogP contribution in [-0.4, -0.2) is 23.4 Å². The van der Waals surface area contributed by atoms with Crippen LogP contribution in [0.5, 0.6) is 0 Å². The third-order valence-electron chi connectivity index (χ3n) is 2.38. The number of hydrogen-bond donors (Lipinski definition) is 1. The van der Waals surface area contributed by atoms with Gasteiger partial charge in [-0.25, -0.2) is 0 Å². The van der Waals surface area contributed by atoms with Crippen molar-refractivity contribution in [3.63, 3.8) is 0 Å². The van der Waals surface area contributed by atoms with Gasteiger partial charge in [-0.15, -0.1) is 0 Å². The molecule has 0 saturated heterocycles. The maximum atomic E-state index is 5.99. The van der Waals surface area contributed by atoms with Crippen LogP contribution in [0.15, 0.2) is 4.52 Å². The van der Waals surface area contributed by atoms with Crippen molar-refractivity contribution in [2.75, 3.05) is 13.2 Å². The first-order valence-corrected chi connectivity index (χ1v) is 5.29. The molecule has 0 fully saturated rings. The zero-order chi connectivity index (χ0) is 11.3. The number of aromatic nitrogens is 2. The second-order valence-electron chi connectivity index (χ2n) is 3.73. The lowest BCUT2D eigenvalue weighted by Crippen LogP contribution is -2.33. The van der Waals surface area contributed by atoms with Gasteiger partial charge in [-0.3, -0.25) is 0 Å². The summed E-state index contributed by atoms with van der Waals surface area (Å²) in [6.07, 6.45) is 1.41. The quantitative estimate of drug-likeness (QED) is 0.719. The first-order valence-electron chi connectivity index (χ1n) is 5.29. The first kappa shape index (κ1) is 12.1. The van der Waals surface area contributed by atoms with Crippen LogP contribution in [0.4, 0.5) is 0 Å². The molecule has 0 amide bonds. The number of rotatable bonds is 6. The predicted molar refractivity (Wildman–Crippen MR) is 56.3 cm³/mol. The Balaban J connectivity index is 2.56. The van der Waals surface area contributed by atoms with Gasteiger partial charge >= 0.3 is 0 Å². The van der Waals surface area contributed by atoms with Crippen molar-refractivity contribution >= 4 is 0 Å². The van der Waals surface area contributed by atoms with Crippen molar-refractivity contribution in [3.8, 4) is 0 Å². The molecule has 1 aromatic heterocycles. The smallest absolute Gasteiger partial charge is 0.229 e. The molecule has 0 aromatic carbocycles. The van der Waals surface area contributed by atoms with Gasteiger partial charge in [0.05, 0.1) is 18.6 Å². The topological polar surface area (TPSA) is 74.2 Å². The minimum atomic E-state index is -0.507. The molecule has 0 bridgehead atoms. The molecule has 0 saturated carbocycles. The van der Waals surface area contributed by atoms with E-state index in [0.29, 0.717) is 31.3 Å². The van der Waals surface area contributed by atoms with Gasteiger partial charge < -0.3 is 15.0 Å². The maximum absolute atomic E-state index is 5.99. The van der Waals surface area contributed by atoms with Crippen LogP contribution in [0.25, 0.3) is 0 Å². The van der Waals surface area contributed by atoms with Gasteiger partial charge in [0.25, 0.3) is 0 Å². The van der Waals surface area contributed by atoms with Crippen LogP contribution in [0.1, 0.15) is 38.9 Å². The van der Waals surface area contributed by atoms with Gasteiger partial charge in [-0.1, -0.05) is 12.1 Å². The Hall–Kier alpha value is -0.940. The highest BCUT2D eigenvalue weighted by Gasteiger charge is 2.24. The summed E-state index contributed by atoms with van der Waals surface area (Å²) in [5.74, 6) is 1.15. The van der Waals surface area contributed by atoms with E-state index in [1.807, 2.05) is 20.8 Å². The molecule has 2 N–H and O–H groups in total. The zero-order valence-electron chi connectivity index (χ0n) is 9.62. The fraction of sp³-hybridized carbons (Fsp3) is 0.800. The fourth-order valence-corrected chi connectivity index (χ4v) is 1.05. The second-order valence-corrected chi connectivity index (χ2v) is 3.73. The summed E-state index contributed by atoms with van der Waals surface area (Å²) in [6.45, 7) is 7.14. The van der Waals surface area contributed by atoms with Crippen LogP contribution in [-0.2, 0) is 16.7 Å². The molecule has 0 radical (unpaired) electrons. The molecule has 0 aliphatic carbocycles. The van der Waals surface area contributed by atoms with Crippen LogP contribution < -0.4 is 5.73 Å². The van der Waals surface area contributed by atoms with Gasteiger partial charge in [0.2, 0.25) is 5.89 Å². The van der Waals surface area contributed by atoms with Crippen molar-refractivity contribution in [2.24, 2.45) is 5.73 Å². The van der Waals surface area contributed by atoms with E-state index in [1.54, 1.807) is 0 Å². The molecule has 1 unspecified atom stereocenters. The Labute approximate surface area is 90.0 Å². The van der Waals surface area contributed by atoms with Crippen LogP contribution in [0, 0.1) is 0 Å². The van der Waals surface area contributed by atoms with E-state index in [2.05, 4.69) is 10.1 Å². The summed E-state index contributed by atoms with van der Waals surface area (Å²) in [5.41, 5.74) is 5.48. The average Bonchev–Trinajstić information content (AvgIpc) is 2.68. The number of ether oxygens (including phenoxy) is 1. The molecule has 0 aliphatic rings. The van der Waals surface area contributed by atoms with Crippen molar-refractivity contribution < 1.29 is 9.26 Å². The van der Waals surface area contributed by atoms with Crippen LogP contribution in [0.3, 0.4) is 0 Å². The number of nitrogens with two attached hydrogens (primary N) is 1. The van der Waals surface area contributed by atoms with Crippen LogP contribution in [0.2, 0.25) is 0 Å². The first-order chi connectivity index (χ1) is 7.10. The third kappa shape index (κ3) is 3.28. The minimum Gasteiger partial charge on any atom is -0.381 e. The Bertz CT molecular complexity index is 297. The van der Waals surface area contributed by atoms with Gasteiger partial charge in [0.15, 0.2) is 5.82 Å². The highest BCUT2D eigenvalue weighted by atomic mass is 16.5. The summed E-state index contributed by atoms with van der Waals surface area (Å²) in [4.78, 5) is 4.24. The molecule has 1 heterocycles. The highest BCUT2D eigenvalue weighted by Crippen LogP contribution is 2.17. The van der Waals surface area contributed by atoms with Gasteiger partial charge in [0, 0.05) is 6.61 Å². The van der Waals surface area contributed by atoms with E-state index in [0.717, 1.165) is 6.42 Å². The van der Waals surface area contributed by atoms with Crippen LogP contribution >= 0.6 is 0 Å². The zero-order valence-corrected chi connectivity index (χ0v) is 9.62. The summed E-state index contributed by atoms with van der Waals surface area (Å²) in [5, 5.41) is 3.87. The molecule has 0 spiro atoms. The predicted octanol–water partition coefficient (Wildman–Crippen LogP) is 1.23. The van der Waals surface area contributed by atoms with Crippen molar-refractivity contribution in [2.45, 2.75) is 39.2 Å². The summed E-state index contributed by atoms with van der Waals surface area (Å²) >= 11 is 0. The molecule has 1 aromatic rings. The van der Waals surface area contributed by atoms with E-state index in [1.165, 1.54) is 0 Å². The molecule has 1 atom stereocenters. The monoisotopic (exact) mass is 213 g/mol. The lowest BCUT2D eigenvalue weighted by Gasteiger charge is -2.16. The largest absolute Gasteiger partial charge is 0.381 e. The fourth-order valence-electron chi connectivity index (χ4n) is 1.05. The maximum Gasteiger partial charge on any atom is 0.229 e. The average molecular weight is 213 g/mol. The summed E-state index contributed by atoms with van der Waals surface area (Å²) < 4.78 is 10.3. The van der Waals surface area contributed by atoms with Crippen molar-refractivity contribution in [1.29, 1.82) is 0 Å². The van der Waals surface area contributed by atoms with Crippen molar-refractivity contribution in [3.05, 3.63) is 11.7 Å². The normalized spacial score (nSPS) is 15.2. The van der Waals surface area contributed by atoms with E-state index < -0.39 is 5.54 Å². The molecular weight excluding hydrogens is 194 g/mol. The Kier molecular flexibility index (Phi) is 4.23. The molecule has 15 heavy (non-hydrogen) atoms. The third-order valence-corrected chi connectivity index (χ3v) is 2.38.